The van der Waals surface area contributed by atoms with E-state index in [2.05, 4.69) is 15.3 Å². The first-order valence-electron chi connectivity index (χ1n) is 6.97. The highest BCUT2D eigenvalue weighted by molar-refractivity contribution is 5.91. The number of hydrazine groups is 1. The summed E-state index contributed by atoms with van der Waals surface area (Å²) in [5, 5.41) is 0. The van der Waals surface area contributed by atoms with Crippen molar-refractivity contribution >= 4 is 5.91 Å². The Labute approximate surface area is 113 Å². The molecule has 0 bridgehead atoms. The number of amides is 1. The number of hydrogen-bond donors (Lipinski definition) is 2. The molecule has 0 aromatic carbocycles. The minimum Gasteiger partial charge on any atom is -0.294 e. The molecule has 1 aromatic heterocycles. The Balaban J connectivity index is 1.68. The first kappa shape index (κ1) is 12.6. The van der Waals surface area contributed by atoms with Crippen LogP contribution in [0.3, 0.4) is 0 Å². The third-order valence-corrected chi connectivity index (χ3v) is 3.79. The first-order valence-corrected chi connectivity index (χ1v) is 6.97. The summed E-state index contributed by atoms with van der Waals surface area (Å²) in [4.78, 5) is 18.4. The number of hydrogen-bond acceptors (Lipinski definition) is 4. The van der Waals surface area contributed by atoms with Crippen molar-refractivity contribution in [1.82, 2.24) is 15.3 Å². The van der Waals surface area contributed by atoms with Crippen molar-refractivity contribution < 1.29 is 4.79 Å². The summed E-state index contributed by atoms with van der Waals surface area (Å²) in [5.41, 5.74) is 3.47. The van der Waals surface area contributed by atoms with Gasteiger partial charge in [-0.2, -0.15) is 0 Å². The van der Waals surface area contributed by atoms with Crippen LogP contribution in [-0.2, 0) is 6.54 Å². The molecule has 2 fully saturated rings. The molecule has 0 spiro atoms. The molecule has 3 N–H and O–H groups in total. The average molecular weight is 260 g/mol. The lowest BCUT2D eigenvalue weighted by atomic mass is 10.2. The van der Waals surface area contributed by atoms with E-state index in [4.69, 9.17) is 5.84 Å². The maximum absolute atomic E-state index is 11.5. The number of nitrogen functional groups attached to an aromatic ring is 1. The molecule has 2 aliphatic rings. The zero-order valence-electron chi connectivity index (χ0n) is 11.0. The fraction of sp³-hybridized carbons (Fsp3) is 0.571. The highest BCUT2D eigenvalue weighted by Crippen LogP contribution is 2.35. The third kappa shape index (κ3) is 3.30. The largest absolute Gasteiger partial charge is 0.294 e. The molecule has 1 amide bonds. The molecule has 0 saturated heterocycles. The summed E-state index contributed by atoms with van der Waals surface area (Å²) in [6, 6.07) is 6.27. The zero-order chi connectivity index (χ0) is 13.2. The fourth-order valence-corrected chi connectivity index (χ4v) is 2.39. The van der Waals surface area contributed by atoms with Crippen molar-refractivity contribution in [3.63, 3.8) is 0 Å². The van der Waals surface area contributed by atoms with Gasteiger partial charge in [0.15, 0.2) is 0 Å². The molecule has 2 aliphatic carbocycles. The van der Waals surface area contributed by atoms with E-state index in [0.717, 1.165) is 24.2 Å². The maximum atomic E-state index is 11.5. The monoisotopic (exact) mass is 260 g/mol. The zero-order valence-corrected chi connectivity index (χ0v) is 11.0. The van der Waals surface area contributed by atoms with Crippen LogP contribution in [0.4, 0.5) is 0 Å². The van der Waals surface area contributed by atoms with Crippen LogP contribution in [0.15, 0.2) is 18.2 Å². The number of nitrogens with two attached hydrogens (primary N) is 1. The fourth-order valence-electron chi connectivity index (χ4n) is 2.39. The van der Waals surface area contributed by atoms with Gasteiger partial charge in [0.1, 0.15) is 5.69 Å². The molecule has 5 nitrogen and oxygen atoms in total. The number of rotatable bonds is 6. The Bertz CT molecular complexity index is 468. The van der Waals surface area contributed by atoms with Crippen molar-refractivity contribution in [1.29, 1.82) is 0 Å². The first-order chi connectivity index (χ1) is 9.26. The minimum atomic E-state index is -0.331. The van der Waals surface area contributed by atoms with E-state index in [0.29, 0.717) is 5.69 Å². The summed E-state index contributed by atoms with van der Waals surface area (Å²) in [6.07, 6.45) is 5.34. The van der Waals surface area contributed by atoms with Crippen LogP contribution >= 0.6 is 0 Å². The second-order valence-electron chi connectivity index (χ2n) is 5.59. The number of nitrogens with one attached hydrogen (secondary N) is 1. The SMILES string of the molecule is NNC(=O)c1cccc(CN(CC2CC2)C2CC2)n1. The number of aromatic nitrogens is 1. The van der Waals surface area contributed by atoms with Gasteiger partial charge in [-0.25, -0.2) is 10.8 Å². The second kappa shape index (κ2) is 5.27. The van der Waals surface area contributed by atoms with E-state index < -0.39 is 0 Å². The van der Waals surface area contributed by atoms with E-state index in [1.807, 2.05) is 12.1 Å². The van der Waals surface area contributed by atoms with Gasteiger partial charge in [-0.15, -0.1) is 0 Å². The maximum Gasteiger partial charge on any atom is 0.283 e. The van der Waals surface area contributed by atoms with Crippen molar-refractivity contribution in [3.05, 3.63) is 29.6 Å². The van der Waals surface area contributed by atoms with Crippen LogP contribution in [0.2, 0.25) is 0 Å². The van der Waals surface area contributed by atoms with Gasteiger partial charge in [-0.3, -0.25) is 15.1 Å². The highest BCUT2D eigenvalue weighted by atomic mass is 16.2. The summed E-state index contributed by atoms with van der Waals surface area (Å²) >= 11 is 0. The molecular formula is C14H20N4O. The van der Waals surface area contributed by atoms with Crippen LogP contribution in [0.5, 0.6) is 0 Å². The van der Waals surface area contributed by atoms with E-state index in [1.165, 1.54) is 32.2 Å². The van der Waals surface area contributed by atoms with Gasteiger partial charge in [-0.05, 0) is 43.7 Å². The predicted molar refractivity (Wildman–Crippen MR) is 72.0 cm³/mol. The molecule has 19 heavy (non-hydrogen) atoms. The predicted octanol–water partition coefficient (Wildman–Crippen LogP) is 1.06. The van der Waals surface area contributed by atoms with Crippen molar-refractivity contribution in [3.8, 4) is 0 Å². The van der Waals surface area contributed by atoms with E-state index in [9.17, 15) is 4.79 Å². The van der Waals surface area contributed by atoms with E-state index in [-0.39, 0.29) is 5.91 Å². The summed E-state index contributed by atoms with van der Waals surface area (Å²) in [5.74, 6) is 5.69. The Kier molecular flexibility index (Phi) is 3.48. The van der Waals surface area contributed by atoms with Gasteiger partial charge in [0, 0.05) is 19.1 Å². The molecule has 1 heterocycles. The lowest BCUT2D eigenvalue weighted by Crippen LogP contribution is -2.31. The molecule has 0 aliphatic heterocycles. The van der Waals surface area contributed by atoms with E-state index in [1.54, 1.807) is 6.07 Å². The van der Waals surface area contributed by atoms with Crippen molar-refractivity contribution in [2.24, 2.45) is 11.8 Å². The standard InChI is InChI=1S/C14H20N4O/c15-17-14(19)13-3-1-2-11(16-13)9-18(12-6-7-12)8-10-4-5-10/h1-3,10,12H,4-9,15H2,(H,17,19). The summed E-state index contributed by atoms with van der Waals surface area (Å²) in [7, 11) is 0. The Morgan fingerprint density at radius 1 is 1.37 bits per heavy atom. The van der Waals surface area contributed by atoms with E-state index >= 15 is 0 Å². The van der Waals surface area contributed by atoms with Crippen LogP contribution in [0.1, 0.15) is 41.9 Å². The Morgan fingerprint density at radius 3 is 2.79 bits per heavy atom. The van der Waals surface area contributed by atoms with Crippen molar-refractivity contribution in [2.45, 2.75) is 38.3 Å². The number of nitrogens with zero attached hydrogens (tertiary/aromatic N) is 2. The molecular weight excluding hydrogens is 240 g/mol. The number of carbonyl (C=O) groups excluding carboxylic acids is 1. The van der Waals surface area contributed by atoms with Gasteiger partial charge in [0.25, 0.3) is 5.91 Å². The molecule has 1 aromatic rings. The number of carbonyl (C=O) groups is 1. The molecule has 2 saturated carbocycles. The van der Waals surface area contributed by atoms with Crippen LogP contribution in [-0.4, -0.2) is 28.4 Å². The molecule has 0 radical (unpaired) electrons. The van der Waals surface area contributed by atoms with Crippen LogP contribution < -0.4 is 11.3 Å². The molecule has 3 rings (SSSR count). The van der Waals surface area contributed by atoms with Gasteiger partial charge in [0.05, 0.1) is 5.69 Å². The summed E-state index contributed by atoms with van der Waals surface area (Å²) in [6.45, 7) is 2.02. The number of pyridine rings is 1. The summed E-state index contributed by atoms with van der Waals surface area (Å²) < 4.78 is 0. The third-order valence-electron chi connectivity index (χ3n) is 3.79. The normalized spacial score (nSPS) is 18.6. The topological polar surface area (TPSA) is 71.2 Å². The molecule has 102 valence electrons. The molecule has 0 atom stereocenters. The second-order valence-corrected chi connectivity index (χ2v) is 5.59. The smallest absolute Gasteiger partial charge is 0.283 e. The molecule has 5 heteroatoms. The van der Waals surface area contributed by atoms with Gasteiger partial charge in [0.2, 0.25) is 0 Å². The Hall–Kier alpha value is -1.46. The van der Waals surface area contributed by atoms with Crippen LogP contribution in [0, 0.1) is 5.92 Å². The highest BCUT2D eigenvalue weighted by Gasteiger charge is 2.33. The Morgan fingerprint density at radius 2 is 2.16 bits per heavy atom. The van der Waals surface area contributed by atoms with Crippen LogP contribution in [0.25, 0.3) is 0 Å². The van der Waals surface area contributed by atoms with Gasteiger partial charge >= 0.3 is 0 Å². The van der Waals surface area contributed by atoms with Gasteiger partial charge in [-0.1, -0.05) is 6.07 Å². The lowest BCUT2D eigenvalue weighted by molar-refractivity contribution is 0.0948. The van der Waals surface area contributed by atoms with Gasteiger partial charge < -0.3 is 0 Å². The van der Waals surface area contributed by atoms with Crippen molar-refractivity contribution in [2.75, 3.05) is 6.54 Å². The average Bonchev–Trinajstić information content (AvgIpc) is 3.28. The lowest BCUT2D eigenvalue weighted by Gasteiger charge is -2.21. The minimum absolute atomic E-state index is 0.331. The quantitative estimate of drug-likeness (QED) is 0.456. The molecule has 0 unspecified atom stereocenters.